The van der Waals surface area contributed by atoms with Crippen LogP contribution in [-0.2, 0) is 18.4 Å². The lowest BCUT2D eigenvalue weighted by atomic mass is 9.64. The van der Waals surface area contributed by atoms with Crippen molar-refractivity contribution in [3.05, 3.63) is 102 Å². The predicted molar refractivity (Wildman–Crippen MR) is 135 cm³/mol. The summed E-state index contributed by atoms with van der Waals surface area (Å²) in [7, 11) is 0. The topological polar surface area (TPSA) is 59.1 Å². The molecule has 1 aromatic heterocycles. The zero-order chi connectivity index (χ0) is 22.8. The number of hydrogen-bond acceptors (Lipinski definition) is 5. The van der Waals surface area contributed by atoms with E-state index in [1.807, 2.05) is 48.7 Å². The van der Waals surface area contributed by atoms with E-state index in [2.05, 4.69) is 52.0 Å². The number of rotatable bonds is 5. The summed E-state index contributed by atoms with van der Waals surface area (Å²) in [5, 5.41) is 6.93. The van der Waals surface area contributed by atoms with Crippen molar-refractivity contribution in [1.29, 1.82) is 0 Å². The Kier molecular flexibility index (Phi) is 5.47. The third-order valence-corrected chi connectivity index (χ3v) is 7.06. The summed E-state index contributed by atoms with van der Waals surface area (Å²) < 4.78 is 5.89. The molecule has 5 heteroatoms. The second kappa shape index (κ2) is 8.92. The Labute approximate surface area is 200 Å². The maximum absolute atomic E-state index is 5.89. The van der Waals surface area contributed by atoms with Crippen LogP contribution in [0.25, 0.3) is 11.3 Å². The van der Waals surface area contributed by atoms with E-state index >= 15 is 0 Å². The van der Waals surface area contributed by atoms with E-state index in [1.165, 1.54) is 16.7 Å². The number of hydrogen-bond donors (Lipinski definition) is 2. The van der Waals surface area contributed by atoms with Gasteiger partial charge in [-0.05, 0) is 73.3 Å². The van der Waals surface area contributed by atoms with Crippen molar-refractivity contribution in [2.24, 2.45) is 0 Å². The molecular weight excluding hydrogens is 420 g/mol. The molecule has 0 radical (unpaired) electrons. The van der Waals surface area contributed by atoms with Gasteiger partial charge in [0.1, 0.15) is 11.5 Å². The number of benzene rings is 3. The van der Waals surface area contributed by atoms with Gasteiger partial charge in [-0.25, -0.2) is 9.97 Å². The minimum absolute atomic E-state index is 0.205. The lowest BCUT2D eigenvalue weighted by Gasteiger charge is -2.42. The normalized spacial score (nSPS) is 15.9. The highest BCUT2D eigenvalue weighted by Crippen LogP contribution is 2.46. The fraction of sp³-hybridized carbons (Fsp3) is 0.241. The van der Waals surface area contributed by atoms with Gasteiger partial charge >= 0.3 is 0 Å². The number of ether oxygens (including phenoxy) is 1. The van der Waals surface area contributed by atoms with Crippen LogP contribution >= 0.6 is 0 Å². The summed E-state index contributed by atoms with van der Waals surface area (Å²) in [4.78, 5) is 9.63. The molecular formula is C29H28N4O. The Bertz CT molecular complexity index is 1280. The van der Waals surface area contributed by atoms with Crippen molar-refractivity contribution >= 4 is 5.95 Å². The summed E-state index contributed by atoms with van der Waals surface area (Å²) in [5.41, 5.74) is 6.39. The van der Waals surface area contributed by atoms with Crippen LogP contribution in [0.1, 0.15) is 29.5 Å². The molecule has 2 N–H and O–H groups in total. The molecule has 1 aliphatic heterocycles. The Morgan fingerprint density at radius 1 is 0.853 bits per heavy atom. The van der Waals surface area contributed by atoms with E-state index in [0.29, 0.717) is 12.5 Å². The lowest BCUT2D eigenvalue weighted by Crippen LogP contribution is -2.43. The highest BCUT2D eigenvalue weighted by molar-refractivity contribution is 5.72. The van der Waals surface area contributed by atoms with Gasteiger partial charge in [0.05, 0.1) is 5.69 Å². The molecule has 1 saturated heterocycles. The minimum atomic E-state index is 0.205. The Hall–Kier alpha value is -3.70. The zero-order valence-corrected chi connectivity index (χ0v) is 19.1. The maximum atomic E-state index is 5.89. The van der Waals surface area contributed by atoms with E-state index in [0.717, 1.165) is 55.1 Å². The minimum Gasteiger partial charge on any atom is -0.457 e. The first-order valence-corrected chi connectivity index (χ1v) is 12.0. The quantitative estimate of drug-likeness (QED) is 0.409. The molecule has 3 aromatic carbocycles. The van der Waals surface area contributed by atoms with E-state index in [9.17, 15) is 0 Å². The molecule has 1 spiro atoms. The van der Waals surface area contributed by atoms with Gasteiger partial charge in [0, 0.05) is 23.7 Å². The standard InChI is InChI=1S/C29H28N4O/c1-2-6-23(7-3-1)34-24-12-10-21(11-13-24)19-31-28-32-20-22-18-29(14-16-30-17-15-29)26-9-5-4-8-25(26)27(22)33-28/h1-13,20,30H,14-19H2,(H,31,32,33). The van der Waals surface area contributed by atoms with E-state index in [1.54, 1.807) is 0 Å². The average molecular weight is 449 g/mol. The van der Waals surface area contributed by atoms with Crippen LogP contribution in [0.2, 0.25) is 0 Å². The number of fused-ring (bicyclic) bond motifs is 4. The monoisotopic (exact) mass is 448 g/mol. The molecule has 170 valence electrons. The lowest BCUT2D eigenvalue weighted by molar-refractivity contribution is 0.302. The summed E-state index contributed by atoms with van der Waals surface area (Å²) in [5.74, 6) is 2.32. The van der Waals surface area contributed by atoms with Crippen LogP contribution in [0.5, 0.6) is 11.5 Å². The van der Waals surface area contributed by atoms with Gasteiger partial charge in [0.15, 0.2) is 0 Å². The largest absolute Gasteiger partial charge is 0.457 e. The third-order valence-electron chi connectivity index (χ3n) is 7.06. The third kappa shape index (κ3) is 4.03. The summed E-state index contributed by atoms with van der Waals surface area (Å²) >= 11 is 0. The molecule has 5 nitrogen and oxygen atoms in total. The summed E-state index contributed by atoms with van der Waals surface area (Å²) in [6, 6.07) is 26.8. The fourth-order valence-electron chi connectivity index (χ4n) is 5.30. The number of para-hydroxylation sites is 1. The Morgan fingerprint density at radius 3 is 2.41 bits per heavy atom. The average Bonchev–Trinajstić information content (AvgIpc) is 2.90. The fourth-order valence-corrected chi connectivity index (χ4v) is 5.30. The van der Waals surface area contributed by atoms with Gasteiger partial charge in [-0.1, -0.05) is 54.6 Å². The predicted octanol–water partition coefficient (Wildman–Crippen LogP) is 5.73. The van der Waals surface area contributed by atoms with Gasteiger partial charge in [-0.3, -0.25) is 0 Å². The van der Waals surface area contributed by atoms with Crippen LogP contribution in [0.4, 0.5) is 5.95 Å². The molecule has 4 aromatic rings. The SMILES string of the molecule is c1ccc(Oc2ccc(CNc3ncc4c(n3)-c3ccccc3C3(CCNCC3)C4)cc2)cc1. The number of aromatic nitrogens is 2. The van der Waals surface area contributed by atoms with Crippen LogP contribution < -0.4 is 15.4 Å². The Morgan fingerprint density at radius 2 is 1.59 bits per heavy atom. The summed E-state index contributed by atoms with van der Waals surface area (Å²) in [6.07, 6.45) is 5.37. The Balaban J connectivity index is 1.19. The van der Waals surface area contributed by atoms with Gasteiger partial charge in [-0.2, -0.15) is 0 Å². The molecule has 34 heavy (non-hydrogen) atoms. The molecule has 1 aliphatic carbocycles. The maximum Gasteiger partial charge on any atom is 0.223 e. The van der Waals surface area contributed by atoms with Gasteiger partial charge in [0.2, 0.25) is 5.95 Å². The van der Waals surface area contributed by atoms with E-state index in [4.69, 9.17) is 9.72 Å². The van der Waals surface area contributed by atoms with Crippen LogP contribution in [0.3, 0.4) is 0 Å². The molecule has 2 heterocycles. The molecule has 6 rings (SSSR count). The molecule has 0 bridgehead atoms. The number of piperidine rings is 1. The van der Waals surface area contributed by atoms with Gasteiger partial charge in [-0.15, -0.1) is 0 Å². The first-order valence-electron chi connectivity index (χ1n) is 12.0. The highest BCUT2D eigenvalue weighted by atomic mass is 16.5. The van der Waals surface area contributed by atoms with Crippen molar-refractivity contribution in [3.63, 3.8) is 0 Å². The van der Waals surface area contributed by atoms with Crippen molar-refractivity contribution in [1.82, 2.24) is 15.3 Å². The number of nitrogens with zero attached hydrogens (tertiary/aromatic N) is 2. The van der Waals surface area contributed by atoms with Crippen molar-refractivity contribution in [3.8, 4) is 22.8 Å². The summed E-state index contributed by atoms with van der Waals surface area (Å²) in [6.45, 7) is 2.79. The number of anilines is 1. The van der Waals surface area contributed by atoms with E-state index in [-0.39, 0.29) is 5.41 Å². The van der Waals surface area contributed by atoms with Crippen molar-refractivity contribution < 1.29 is 4.74 Å². The highest BCUT2D eigenvalue weighted by Gasteiger charge is 2.40. The number of nitrogens with one attached hydrogen (secondary N) is 2. The van der Waals surface area contributed by atoms with Crippen molar-refractivity contribution in [2.75, 3.05) is 18.4 Å². The molecule has 0 saturated carbocycles. The van der Waals surface area contributed by atoms with Gasteiger partial charge in [0.25, 0.3) is 0 Å². The molecule has 2 aliphatic rings. The zero-order valence-electron chi connectivity index (χ0n) is 19.1. The van der Waals surface area contributed by atoms with E-state index < -0.39 is 0 Å². The molecule has 0 amide bonds. The van der Waals surface area contributed by atoms with Crippen LogP contribution in [-0.4, -0.2) is 23.1 Å². The smallest absolute Gasteiger partial charge is 0.223 e. The second-order valence-electron chi connectivity index (χ2n) is 9.23. The molecule has 0 unspecified atom stereocenters. The molecule has 0 atom stereocenters. The second-order valence-corrected chi connectivity index (χ2v) is 9.23. The first-order chi connectivity index (χ1) is 16.8. The first kappa shape index (κ1) is 20.9. The van der Waals surface area contributed by atoms with Crippen molar-refractivity contribution in [2.45, 2.75) is 31.2 Å². The van der Waals surface area contributed by atoms with Gasteiger partial charge < -0.3 is 15.4 Å². The molecule has 1 fully saturated rings. The van der Waals surface area contributed by atoms with Crippen LogP contribution in [0, 0.1) is 0 Å². The van der Waals surface area contributed by atoms with Crippen LogP contribution in [0.15, 0.2) is 85.1 Å².